The second-order valence-electron chi connectivity index (χ2n) is 3.20. The Morgan fingerprint density at radius 3 is 3.07 bits per heavy atom. The van der Waals surface area contributed by atoms with Crippen molar-refractivity contribution in [2.24, 2.45) is 0 Å². The highest BCUT2D eigenvalue weighted by molar-refractivity contribution is 6.30. The minimum absolute atomic E-state index is 0.714. The van der Waals surface area contributed by atoms with Crippen LogP contribution < -0.4 is 5.32 Å². The molecule has 1 rings (SSSR count). The fourth-order valence-electron chi connectivity index (χ4n) is 1.24. The first-order valence-electron chi connectivity index (χ1n) is 5.00. The molecular weight excluding hydrogens is 210 g/mol. The summed E-state index contributed by atoms with van der Waals surface area (Å²) in [5.41, 5.74) is 1.20. The molecular formula is C12H16ClNO. The van der Waals surface area contributed by atoms with E-state index < -0.39 is 0 Å². The van der Waals surface area contributed by atoms with Crippen molar-refractivity contribution >= 4 is 11.6 Å². The standard InChI is InChI=1S/C12H16ClNO/c1-2-15-8-4-7-14-10-11-5-3-6-12(13)9-11/h2-3,5-6,9,14H,1,4,7-8,10H2. The van der Waals surface area contributed by atoms with Gasteiger partial charge in [0, 0.05) is 11.6 Å². The van der Waals surface area contributed by atoms with Crippen LogP contribution in [-0.4, -0.2) is 13.2 Å². The number of benzene rings is 1. The van der Waals surface area contributed by atoms with Gasteiger partial charge in [0.1, 0.15) is 0 Å². The number of hydrogen-bond acceptors (Lipinski definition) is 2. The monoisotopic (exact) mass is 225 g/mol. The van der Waals surface area contributed by atoms with Crippen LogP contribution in [0.25, 0.3) is 0 Å². The third-order valence-electron chi connectivity index (χ3n) is 1.95. The zero-order valence-electron chi connectivity index (χ0n) is 8.71. The smallest absolute Gasteiger partial charge is 0.0885 e. The first kappa shape index (κ1) is 12.1. The summed E-state index contributed by atoms with van der Waals surface area (Å²) in [6.45, 7) is 5.97. The highest BCUT2D eigenvalue weighted by Gasteiger charge is 1.93. The molecule has 2 nitrogen and oxygen atoms in total. The van der Waals surface area contributed by atoms with Gasteiger partial charge in [0.15, 0.2) is 0 Å². The Labute approximate surface area is 95.9 Å². The second kappa shape index (κ2) is 7.32. The molecule has 0 fully saturated rings. The molecule has 1 aromatic rings. The summed E-state index contributed by atoms with van der Waals surface area (Å²) in [4.78, 5) is 0. The van der Waals surface area contributed by atoms with Gasteiger partial charge in [0.2, 0.25) is 0 Å². The molecule has 0 radical (unpaired) electrons. The van der Waals surface area contributed by atoms with E-state index in [-0.39, 0.29) is 0 Å². The normalized spacial score (nSPS) is 9.93. The Bertz CT molecular complexity index is 301. The molecule has 3 heteroatoms. The van der Waals surface area contributed by atoms with E-state index in [1.165, 1.54) is 11.8 Å². The van der Waals surface area contributed by atoms with Gasteiger partial charge in [-0.05, 0) is 30.7 Å². The van der Waals surface area contributed by atoms with E-state index in [1.807, 2.05) is 18.2 Å². The third-order valence-corrected chi connectivity index (χ3v) is 2.19. The van der Waals surface area contributed by atoms with Crippen molar-refractivity contribution in [3.8, 4) is 0 Å². The quantitative estimate of drug-likeness (QED) is 0.569. The second-order valence-corrected chi connectivity index (χ2v) is 3.63. The molecule has 0 aromatic heterocycles. The number of nitrogens with one attached hydrogen (secondary N) is 1. The lowest BCUT2D eigenvalue weighted by Crippen LogP contribution is -2.15. The van der Waals surface area contributed by atoms with Crippen molar-refractivity contribution in [1.29, 1.82) is 0 Å². The van der Waals surface area contributed by atoms with Gasteiger partial charge in [-0.15, -0.1) is 0 Å². The highest BCUT2D eigenvalue weighted by atomic mass is 35.5. The van der Waals surface area contributed by atoms with Crippen LogP contribution in [0, 0.1) is 0 Å². The molecule has 0 unspecified atom stereocenters. The molecule has 0 saturated heterocycles. The van der Waals surface area contributed by atoms with Crippen molar-refractivity contribution in [3.63, 3.8) is 0 Å². The van der Waals surface area contributed by atoms with E-state index in [1.54, 1.807) is 0 Å². The SMILES string of the molecule is C=COCCCNCc1cccc(Cl)c1. The van der Waals surface area contributed by atoms with Gasteiger partial charge in [-0.2, -0.15) is 0 Å². The van der Waals surface area contributed by atoms with Crippen LogP contribution >= 0.6 is 11.6 Å². The van der Waals surface area contributed by atoms with Crippen LogP contribution in [0.5, 0.6) is 0 Å². The Morgan fingerprint density at radius 1 is 1.47 bits per heavy atom. The van der Waals surface area contributed by atoms with Crippen LogP contribution in [0.1, 0.15) is 12.0 Å². The van der Waals surface area contributed by atoms with Crippen LogP contribution in [-0.2, 0) is 11.3 Å². The third kappa shape index (κ3) is 5.45. The maximum atomic E-state index is 5.87. The van der Waals surface area contributed by atoms with Gasteiger partial charge in [0.05, 0.1) is 12.9 Å². The Morgan fingerprint density at radius 2 is 2.33 bits per heavy atom. The van der Waals surface area contributed by atoms with Crippen LogP contribution in [0.4, 0.5) is 0 Å². The minimum atomic E-state index is 0.714. The maximum absolute atomic E-state index is 5.87. The fourth-order valence-corrected chi connectivity index (χ4v) is 1.46. The molecule has 0 spiro atoms. The summed E-state index contributed by atoms with van der Waals surface area (Å²) < 4.78 is 5.01. The zero-order chi connectivity index (χ0) is 10.9. The first-order valence-corrected chi connectivity index (χ1v) is 5.38. The van der Waals surface area contributed by atoms with E-state index in [4.69, 9.17) is 16.3 Å². The van der Waals surface area contributed by atoms with Gasteiger partial charge in [-0.3, -0.25) is 0 Å². The van der Waals surface area contributed by atoms with Gasteiger partial charge in [-0.25, -0.2) is 0 Å². The van der Waals surface area contributed by atoms with Crippen molar-refractivity contribution in [1.82, 2.24) is 5.32 Å². The Kier molecular flexibility index (Phi) is 5.90. The van der Waals surface area contributed by atoms with E-state index in [2.05, 4.69) is 18.0 Å². The summed E-state index contributed by atoms with van der Waals surface area (Å²) in [5.74, 6) is 0. The van der Waals surface area contributed by atoms with Crippen molar-refractivity contribution in [2.75, 3.05) is 13.2 Å². The number of rotatable bonds is 7. The number of hydrogen-bond donors (Lipinski definition) is 1. The van der Waals surface area contributed by atoms with E-state index >= 15 is 0 Å². The average molecular weight is 226 g/mol. The lowest BCUT2D eigenvalue weighted by Gasteiger charge is -2.05. The molecule has 0 aliphatic heterocycles. The fraction of sp³-hybridized carbons (Fsp3) is 0.333. The summed E-state index contributed by atoms with van der Waals surface area (Å²) in [6, 6.07) is 7.86. The van der Waals surface area contributed by atoms with Crippen molar-refractivity contribution < 1.29 is 4.74 Å². The zero-order valence-corrected chi connectivity index (χ0v) is 9.46. The molecule has 0 heterocycles. The van der Waals surface area contributed by atoms with E-state index in [0.29, 0.717) is 6.61 Å². The molecule has 1 N–H and O–H groups in total. The molecule has 15 heavy (non-hydrogen) atoms. The van der Waals surface area contributed by atoms with Crippen molar-refractivity contribution in [2.45, 2.75) is 13.0 Å². The molecule has 82 valence electrons. The summed E-state index contributed by atoms with van der Waals surface area (Å²) >= 11 is 5.87. The predicted molar refractivity (Wildman–Crippen MR) is 63.9 cm³/mol. The number of ether oxygens (including phenoxy) is 1. The predicted octanol–water partition coefficient (Wildman–Crippen LogP) is 2.98. The van der Waals surface area contributed by atoms with Crippen LogP contribution in [0.3, 0.4) is 0 Å². The average Bonchev–Trinajstić information content (AvgIpc) is 2.23. The van der Waals surface area contributed by atoms with Crippen LogP contribution in [0.2, 0.25) is 5.02 Å². The summed E-state index contributed by atoms with van der Waals surface area (Å²) in [6.07, 6.45) is 2.45. The van der Waals surface area contributed by atoms with Gasteiger partial charge in [0.25, 0.3) is 0 Å². The molecule has 0 aliphatic carbocycles. The first-order chi connectivity index (χ1) is 7.33. The lowest BCUT2D eigenvalue weighted by atomic mass is 10.2. The molecule has 1 aromatic carbocycles. The largest absolute Gasteiger partial charge is 0.502 e. The topological polar surface area (TPSA) is 21.3 Å². The minimum Gasteiger partial charge on any atom is -0.502 e. The summed E-state index contributed by atoms with van der Waals surface area (Å²) in [7, 11) is 0. The van der Waals surface area contributed by atoms with E-state index in [9.17, 15) is 0 Å². The molecule has 0 amide bonds. The van der Waals surface area contributed by atoms with Gasteiger partial charge >= 0.3 is 0 Å². The molecule has 0 aliphatic rings. The Hall–Kier alpha value is -0.990. The molecule has 0 saturated carbocycles. The maximum Gasteiger partial charge on any atom is 0.0885 e. The molecule has 0 bridgehead atoms. The molecule has 0 atom stereocenters. The van der Waals surface area contributed by atoms with Crippen molar-refractivity contribution in [3.05, 3.63) is 47.7 Å². The van der Waals surface area contributed by atoms with Gasteiger partial charge in [-0.1, -0.05) is 30.3 Å². The summed E-state index contributed by atoms with van der Waals surface area (Å²) in [5, 5.41) is 4.10. The lowest BCUT2D eigenvalue weighted by molar-refractivity contribution is 0.244. The van der Waals surface area contributed by atoms with Crippen LogP contribution in [0.15, 0.2) is 37.1 Å². The van der Waals surface area contributed by atoms with E-state index in [0.717, 1.165) is 24.5 Å². The highest BCUT2D eigenvalue weighted by Crippen LogP contribution is 2.09. The van der Waals surface area contributed by atoms with Gasteiger partial charge < -0.3 is 10.1 Å². The Balaban J connectivity index is 2.12. The number of halogens is 1.